The second kappa shape index (κ2) is 6.15. The normalized spacial score (nSPS) is 11.2. The number of ether oxygens (including phenoxy) is 1. The Morgan fingerprint density at radius 3 is 2.20 bits per heavy atom. The fraction of sp³-hybridized carbons (Fsp3) is 0.0769. The van der Waals surface area contributed by atoms with Crippen LogP contribution in [0.2, 0.25) is 0 Å². The summed E-state index contributed by atoms with van der Waals surface area (Å²) in [7, 11) is -2.16. The fourth-order valence-electron chi connectivity index (χ4n) is 1.58. The van der Waals surface area contributed by atoms with E-state index in [2.05, 4.69) is 36.6 Å². The fourth-order valence-corrected chi connectivity index (χ4v) is 3.26. The molecule has 0 heterocycles. The smallest absolute Gasteiger partial charge is 0.262 e. The second-order valence-corrected chi connectivity index (χ2v) is 7.42. The van der Waals surface area contributed by atoms with Gasteiger partial charge in [-0.3, -0.25) is 4.72 Å². The summed E-state index contributed by atoms with van der Waals surface area (Å²) in [6, 6.07) is 11.5. The van der Waals surface area contributed by atoms with E-state index in [1.54, 1.807) is 30.3 Å². The van der Waals surface area contributed by atoms with E-state index in [-0.39, 0.29) is 4.90 Å². The first-order valence-electron chi connectivity index (χ1n) is 5.54. The quantitative estimate of drug-likeness (QED) is 0.812. The number of anilines is 1. The van der Waals surface area contributed by atoms with Crippen LogP contribution in [0.1, 0.15) is 0 Å². The number of benzene rings is 2. The lowest BCUT2D eigenvalue weighted by molar-refractivity contribution is 0.417. The lowest BCUT2D eigenvalue weighted by Crippen LogP contribution is -2.13. The van der Waals surface area contributed by atoms with Crippen LogP contribution in [0, 0.1) is 0 Å². The van der Waals surface area contributed by atoms with Crippen LogP contribution >= 0.6 is 31.9 Å². The molecule has 0 saturated carbocycles. The molecule has 0 aliphatic rings. The molecule has 0 aliphatic carbocycles. The molecule has 20 heavy (non-hydrogen) atoms. The van der Waals surface area contributed by atoms with Crippen LogP contribution in [-0.4, -0.2) is 15.5 Å². The Bertz CT molecular complexity index is 715. The highest BCUT2D eigenvalue weighted by molar-refractivity contribution is 9.10. The second-order valence-electron chi connectivity index (χ2n) is 3.90. The van der Waals surface area contributed by atoms with E-state index < -0.39 is 10.0 Å². The molecule has 0 spiro atoms. The first-order valence-corrected chi connectivity index (χ1v) is 8.61. The van der Waals surface area contributed by atoms with Gasteiger partial charge >= 0.3 is 0 Å². The molecule has 2 rings (SSSR count). The Balaban J connectivity index is 2.37. The van der Waals surface area contributed by atoms with Crippen LogP contribution in [0.25, 0.3) is 0 Å². The minimum absolute atomic E-state index is 0.183. The lowest BCUT2D eigenvalue weighted by Gasteiger charge is -2.12. The van der Waals surface area contributed by atoms with Gasteiger partial charge in [-0.2, -0.15) is 0 Å². The number of hydrogen-bond donors (Lipinski definition) is 1. The summed E-state index contributed by atoms with van der Waals surface area (Å²) < 4.78 is 33.8. The molecular weight excluding hydrogens is 410 g/mol. The molecule has 0 radical (unpaired) electrons. The Labute approximate surface area is 134 Å². The van der Waals surface area contributed by atoms with Crippen molar-refractivity contribution in [3.05, 3.63) is 51.4 Å². The molecule has 4 nitrogen and oxygen atoms in total. The van der Waals surface area contributed by atoms with Gasteiger partial charge in [-0.1, -0.05) is 31.9 Å². The van der Waals surface area contributed by atoms with E-state index >= 15 is 0 Å². The molecule has 1 N–H and O–H groups in total. The van der Waals surface area contributed by atoms with Crippen LogP contribution in [-0.2, 0) is 10.0 Å². The molecule has 0 aliphatic heterocycles. The molecule has 0 aromatic heterocycles. The highest BCUT2D eigenvalue weighted by Gasteiger charge is 2.16. The summed E-state index contributed by atoms with van der Waals surface area (Å²) in [6.07, 6.45) is 0. The highest BCUT2D eigenvalue weighted by Crippen LogP contribution is 2.30. The average Bonchev–Trinajstić information content (AvgIpc) is 2.39. The average molecular weight is 421 g/mol. The SMILES string of the molecule is COc1ccc(Br)cc1NS(=O)(=O)c1ccc(Br)cc1. The Hall–Kier alpha value is -1.05. The Kier molecular flexibility index (Phi) is 4.72. The van der Waals surface area contributed by atoms with Gasteiger partial charge in [0.2, 0.25) is 0 Å². The molecule has 7 heteroatoms. The zero-order valence-electron chi connectivity index (χ0n) is 10.4. The molecule has 0 amide bonds. The maximum absolute atomic E-state index is 12.3. The van der Waals surface area contributed by atoms with Crippen molar-refractivity contribution < 1.29 is 13.2 Å². The van der Waals surface area contributed by atoms with Crippen LogP contribution in [0.15, 0.2) is 56.3 Å². The topological polar surface area (TPSA) is 55.4 Å². The lowest BCUT2D eigenvalue weighted by atomic mass is 10.3. The van der Waals surface area contributed by atoms with Crippen LogP contribution in [0.4, 0.5) is 5.69 Å². The molecular formula is C13H11Br2NO3S. The van der Waals surface area contributed by atoms with Gasteiger partial charge in [0, 0.05) is 8.95 Å². The van der Waals surface area contributed by atoms with E-state index in [4.69, 9.17) is 4.74 Å². The molecule has 106 valence electrons. The monoisotopic (exact) mass is 419 g/mol. The number of rotatable bonds is 4. The van der Waals surface area contributed by atoms with Gasteiger partial charge in [0.1, 0.15) is 5.75 Å². The molecule has 2 aromatic rings. The summed E-state index contributed by atoms with van der Waals surface area (Å²) in [6.45, 7) is 0. The Morgan fingerprint density at radius 2 is 1.60 bits per heavy atom. The summed E-state index contributed by atoms with van der Waals surface area (Å²) in [5, 5.41) is 0. The zero-order chi connectivity index (χ0) is 14.8. The first kappa shape index (κ1) is 15.3. The van der Waals surface area contributed by atoms with Crippen molar-refractivity contribution in [1.82, 2.24) is 0 Å². The van der Waals surface area contributed by atoms with Crippen LogP contribution < -0.4 is 9.46 Å². The first-order chi connectivity index (χ1) is 9.42. The summed E-state index contributed by atoms with van der Waals surface area (Å²) in [5.74, 6) is 0.453. The van der Waals surface area contributed by atoms with Gasteiger partial charge in [0.15, 0.2) is 0 Å². The van der Waals surface area contributed by atoms with Crippen molar-refractivity contribution in [1.29, 1.82) is 0 Å². The van der Waals surface area contributed by atoms with Crippen molar-refractivity contribution in [2.45, 2.75) is 4.90 Å². The molecule has 2 aromatic carbocycles. The van der Waals surface area contributed by atoms with Crippen molar-refractivity contribution in [2.75, 3.05) is 11.8 Å². The maximum Gasteiger partial charge on any atom is 0.262 e. The van der Waals surface area contributed by atoms with E-state index in [1.807, 2.05) is 0 Å². The molecule has 0 bridgehead atoms. The van der Waals surface area contributed by atoms with Gasteiger partial charge in [0.05, 0.1) is 17.7 Å². The minimum Gasteiger partial charge on any atom is -0.495 e. The number of nitrogens with one attached hydrogen (secondary N) is 1. The van der Waals surface area contributed by atoms with Gasteiger partial charge in [-0.15, -0.1) is 0 Å². The van der Waals surface area contributed by atoms with E-state index in [0.717, 1.165) is 8.95 Å². The van der Waals surface area contributed by atoms with Gasteiger partial charge in [0.25, 0.3) is 10.0 Å². The maximum atomic E-state index is 12.3. The minimum atomic E-state index is -3.65. The van der Waals surface area contributed by atoms with Gasteiger partial charge in [-0.25, -0.2) is 8.42 Å². The van der Waals surface area contributed by atoms with Crippen LogP contribution in [0.3, 0.4) is 0 Å². The van der Waals surface area contributed by atoms with Gasteiger partial charge in [-0.05, 0) is 42.5 Å². The zero-order valence-corrected chi connectivity index (χ0v) is 14.4. The predicted molar refractivity (Wildman–Crippen MR) is 85.6 cm³/mol. The molecule has 0 fully saturated rings. The number of sulfonamides is 1. The largest absolute Gasteiger partial charge is 0.495 e. The third kappa shape index (κ3) is 3.53. The predicted octanol–water partition coefficient (Wildman–Crippen LogP) is 4.02. The van der Waals surface area contributed by atoms with E-state index in [1.165, 1.54) is 19.2 Å². The summed E-state index contributed by atoms with van der Waals surface area (Å²) in [4.78, 5) is 0.183. The van der Waals surface area contributed by atoms with Crippen molar-refractivity contribution in [3.63, 3.8) is 0 Å². The molecule has 0 saturated heterocycles. The highest BCUT2D eigenvalue weighted by atomic mass is 79.9. The van der Waals surface area contributed by atoms with Crippen LogP contribution in [0.5, 0.6) is 5.75 Å². The number of hydrogen-bond acceptors (Lipinski definition) is 3. The third-order valence-electron chi connectivity index (χ3n) is 2.53. The van der Waals surface area contributed by atoms with Gasteiger partial charge < -0.3 is 4.74 Å². The molecule has 0 unspecified atom stereocenters. The number of methoxy groups -OCH3 is 1. The summed E-state index contributed by atoms with van der Waals surface area (Å²) >= 11 is 6.57. The third-order valence-corrected chi connectivity index (χ3v) is 4.93. The van der Waals surface area contributed by atoms with E-state index in [9.17, 15) is 8.42 Å². The van der Waals surface area contributed by atoms with Crippen molar-refractivity contribution in [2.24, 2.45) is 0 Å². The summed E-state index contributed by atoms with van der Waals surface area (Å²) in [5.41, 5.74) is 0.379. The standard InChI is InChI=1S/C13H11Br2NO3S/c1-19-13-7-4-10(15)8-12(13)16-20(17,18)11-5-2-9(14)3-6-11/h2-8,16H,1H3. The van der Waals surface area contributed by atoms with Crippen molar-refractivity contribution in [3.8, 4) is 5.75 Å². The number of halogens is 2. The van der Waals surface area contributed by atoms with Crippen molar-refractivity contribution >= 4 is 47.6 Å². The Morgan fingerprint density at radius 1 is 1.00 bits per heavy atom. The molecule has 0 atom stereocenters. The van der Waals surface area contributed by atoms with E-state index in [0.29, 0.717) is 11.4 Å².